The molecule has 2 saturated heterocycles. The lowest BCUT2D eigenvalue weighted by Crippen LogP contribution is -2.44. The molecule has 2 aromatic heterocycles. The molecular weight excluding hydrogens is 487 g/mol. The number of nitrogen functional groups attached to an aromatic ring is 1. The van der Waals surface area contributed by atoms with E-state index in [9.17, 15) is 14.8 Å². The number of rotatable bonds is 5. The van der Waals surface area contributed by atoms with E-state index in [2.05, 4.69) is 9.97 Å². The number of nitrogens with zero attached hydrogens (tertiary/aromatic N) is 3. The first-order valence-electron chi connectivity index (χ1n) is 10.6. The molecule has 3 aromatic rings. The minimum Gasteiger partial charge on any atom is -0.387 e. The lowest BCUT2D eigenvalue weighted by atomic mass is 9.96. The largest absolute Gasteiger partial charge is 0.475 e. The van der Waals surface area contributed by atoms with Gasteiger partial charge in [0.1, 0.15) is 35.6 Å². The van der Waals surface area contributed by atoms with Crippen LogP contribution in [0, 0.1) is 0 Å². The Balaban J connectivity index is 1.31. The summed E-state index contributed by atoms with van der Waals surface area (Å²) in [5, 5.41) is 22.9. The third-order valence-corrected chi connectivity index (χ3v) is 7.76. The summed E-state index contributed by atoms with van der Waals surface area (Å²) in [4.78, 5) is 8.16. The fourth-order valence-electron chi connectivity index (χ4n) is 4.23. The Morgan fingerprint density at radius 1 is 1.38 bits per heavy atom. The van der Waals surface area contributed by atoms with E-state index in [0.29, 0.717) is 22.5 Å². The van der Waals surface area contributed by atoms with E-state index in [1.54, 1.807) is 35.0 Å². The van der Waals surface area contributed by atoms with Crippen LogP contribution in [0.25, 0.3) is 11.0 Å². The van der Waals surface area contributed by atoms with Crippen LogP contribution in [-0.2, 0) is 22.9 Å². The van der Waals surface area contributed by atoms with Crippen molar-refractivity contribution in [3.8, 4) is 0 Å². The Morgan fingerprint density at radius 2 is 2.21 bits per heavy atom. The fourth-order valence-corrected chi connectivity index (χ4v) is 5.83. The summed E-state index contributed by atoms with van der Waals surface area (Å²) in [5.41, 5.74) is 5.36. The second kappa shape index (κ2) is 8.85. The summed E-state index contributed by atoms with van der Waals surface area (Å²) < 4.78 is 37.1. The van der Waals surface area contributed by atoms with Gasteiger partial charge in [-0.25, -0.2) is 14.5 Å². The third-order valence-electron chi connectivity index (χ3n) is 6.05. The van der Waals surface area contributed by atoms with Gasteiger partial charge in [-0.1, -0.05) is 23.7 Å². The maximum Gasteiger partial charge on any atom is 0.475 e. The van der Waals surface area contributed by atoms with Gasteiger partial charge in [0.2, 0.25) is 0 Å². The van der Waals surface area contributed by atoms with Crippen LogP contribution in [0.4, 0.5) is 5.82 Å². The van der Waals surface area contributed by atoms with E-state index in [0.717, 1.165) is 5.56 Å². The van der Waals surface area contributed by atoms with Gasteiger partial charge < -0.3 is 25.3 Å². The number of fused-ring (bicyclic) bond motifs is 1. The second-order valence-corrected chi connectivity index (χ2v) is 10.5. The van der Waals surface area contributed by atoms with Gasteiger partial charge in [-0.3, -0.25) is 13.6 Å². The summed E-state index contributed by atoms with van der Waals surface area (Å²) in [6.45, 7) is 1.24. The highest BCUT2D eigenvalue weighted by Crippen LogP contribution is 2.57. The third kappa shape index (κ3) is 4.23. The number of aliphatic hydroxyl groups is 2. The van der Waals surface area contributed by atoms with Gasteiger partial charge in [0.15, 0.2) is 6.23 Å². The maximum absolute atomic E-state index is 13.1. The minimum absolute atomic E-state index is 0.152. The van der Waals surface area contributed by atoms with Crippen LogP contribution in [0.15, 0.2) is 42.9 Å². The molecule has 0 aliphatic carbocycles. The van der Waals surface area contributed by atoms with Crippen molar-refractivity contribution in [3.63, 3.8) is 0 Å². The Morgan fingerprint density at radius 3 is 3.00 bits per heavy atom. The van der Waals surface area contributed by atoms with Crippen molar-refractivity contribution in [2.24, 2.45) is 0 Å². The number of halogens is 1. The van der Waals surface area contributed by atoms with Crippen LogP contribution in [0.3, 0.4) is 0 Å². The average Bonchev–Trinajstić information content (AvgIpc) is 3.32. The molecule has 1 aromatic carbocycles. The van der Waals surface area contributed by atoms with Crippen LogP contribution in [-0.4, -0.2) is 55.8 Å². The quantitative estimate of drug-likeness (QED) is 0.437. The number of phosphoric ester groups is 1. The lowest BCUT2D eigenvalue weighted by molar-refractivity contribution is -0.0950. The van der Waals surface area contributed by atoms with Crippen molar-refractivity contribution < 1.29 is 33.1 Å². The van der Waals surface area contributed by atoms with E-state index >= 15 is 0 Å². The van der Waals surface area contributed by atoms with E-state index in [1.807, 2.05) is 6.07 Å². The van der Waals surface area contributed by atoms with Crippen molar-refractivity contribution in [2.45, 2.75) is 43.5 Å². The second-order valence-electron chi connectivity index (χ2n) is 8.43. The molecule has 0 bridgehead atoms. The molecule has 11 nitrogen and oxygen atoms in total. The molecule has 2 fully saturated rings. The van der Waals surface area contributed by atoms with Gasteiger partial charge in [-0.05, 0) is 30.7 Å². The van der Waals surface area contributed by atoms with Crippen molar-refractivity contribution in [3.05, 3.63) is 53.4 Å². The minimum atomic E-state index is -3.96. The van der Waals surface area contributed by atoms with Crippen molar-refractivity contribution in [1.29, 1.82) is 0 Å². The van der Waals surface area contributed by atoms with E-state index in [-0.39, 0.29) is 19.0 Å². The molecule has 4 N–H and O–H groups in total. The van der Waals surface area contributed by atoms with E-state index in [1.165, 1.54) is 13.3 Å². The van der Waals surface area contributed by atoms with Gasteiger partial charge >= 0.3 is 7.82 Å². The zero-order valence-electron chi connectivity index (χ0n) is 18.2. The maximum atomic E-state index is 13.1. The first kappa shape index (κ1) is 23.7. The number of hydrogen-bond acceptors (Lipinski definition) is 10. The summed E-state index contributed by atoms with van der Waals surface area (Å²) in [6.07, 6.45) is -0.532. The van der Waals surface area contributed by atoms with Gasteiger partial charge in [0.25, 0.3) is 0 Å². The SMILES string of the molecule is C[C@@]1(O)[C@H](O)[C@@H](CO[P@]2(=O)OCC[C@H](c3cccc(Cl)c3)O2)O[C@H]1n1ccc2c(N)ncnc21. The average molecular weight is 511 g/mol. The first-order valence-corrected chi connectivity index (χ1v) is 12.5. The van der Waals surface area contributed by atoms with Crippen molar-refractivity contribution in [1.82, 2.24) is 14.5 Å². The zero-order valence-corrected chi connectivity index (χ0v) is 19.8. The van der Waals surface area contributed by atoms with Gasteiger partial charge in [-0.15, -0.1) is 0 Å². The predicted molar refractivity (Wildman–Crippen MR) is 122 cm³/mol. The molecule has 5 rings (SSSR count). The van der Waals surface area contributed by atoms with Crippen LogP contribution >= 0.6 is 19.4 Å². The highest BCUT2D eigenvalue weighted by molar-refractivity contribution is 7.48. The molecular formula is C21H24ClN4O7P. The van der Waals surface area contributed by atoms with Crippen molar-refractivity contribution >= 4 is 36.3 Å². The van der Waals surface area contributed by atoms with Crippen LogP contribution in [0.2, 0.25) is 5.02 Å². The normalized spacial score (nSPS) is 34.0. The molecule has 0 saturated carbocycles. The first-order chi connectivity index (χ1) is 16.2. The number of benzene rings is 1. The van der Waals surface area contributed by atoms with Crippen molar-refractivity contribution in [2.75, 3.05) is 18.9 Å². The monoisotopic (exact) mass is 510 g/mol. The van der Waals surface area contributed by atoms with Crippen LogP contribution in [0.5, 0.6) is 0 Å². The Bertz CT molecular complexity index is 1250. The highest BCUT2D eigenvalue weighted by atomic mass is 35.5. The van der Waals surface area contributed by atoms with Crippen LogP contribution in [0.1, 0.15) is 31.2 Å². The molecule has 6 atom stereocenters. The number of hydrogen-bond donors (Lipinski definition) is 3. The Hall–Kier alpha value is -2.08. The van der Waals surface area contributed by atoms with Gasteiger partial charge in [0, 0.05) is 17.6 Å². The smallest absolute Gasteiger partial charge is 0.387 e. The zero-order chi connectivity index (χ0) is 24.1. The molecule has 0 spiro atoms. The molecule has 0 amide bonds. The topological polar surface area (TPSA) is 151 Å². The molecule has 2 aliphatic heterocycles. The Labute approximate surface area is 200 Å². The van der Waals surface area contributed by atoms with Gasteiger partial charge in [0.05, 0.1) is 24.7 Å². The summed E-state index contributed by atoms with van der Waals surface area (Å²) >= 11 is 6.05. The summed E-state index contributed by atoms with van der Waals surface area (Å²) in [5.74, 6) is 0.278. The number of ether oxygens (including phenoxy) is 1. The number of aliphatic hydroxyl groups excluding tert-OH is 1. The number of phosphoric acid groups is 1. The fraction of sp³-hybridized carbons (Fsp3) is 0.429. The molecule has 4 heterocycles. The molecule has 34 heavy (non-hydrogen) atoms. The van der Waals surface area contributed by atoms with Crippen LogP contribution < -0.4 is 5.73 Å². The Kier molecular flexibility index (Phi) is 6.16. The summed E-state index contributed by atoms with van der Waals surface area (Å²) in [6, 6.07) is 8.74. The molecule has 2 aliphatic rings. The summed E-state index contributed by atoms with van der Waals surface area (Å²) in [7, 11) is -3.96. The molecule has 182 valence electrons. The highest BCUT2D eigenvalue weighted by Gasteiger charge is 2.54. The lowest BCUT2D eigenvalue weighted by Gasteiger charge is -2.30. The molecule has 13 heteroatoms. The van der Waals surface area contributed by atoms with E-state index in [4.69, 9.17) is 35.6 Å². The predicted octanol–water partition coefficient (Wildman–Crippen LogP) is 2.98. The van der Waals surface area contributed by atoms with E-state index < -0.39 is 38.0 Å². The molecule has 0 unspecified atom stereocenters. The molecule has 0 radical (unpaired) electrons. The number of nitrogens with two attached hydrogens (primary N) is 1. The standard InChI is InChI=1S/C21H24ClN4O7P/c1-21(28)17(27)16(32-20(21)26-7-5-14-18(23)24-11-25-19(14)26)10-31-34(29)30-8-6-15(33-34)12-3-2-4-13(22)9-12/h2-5,7,9,11,15-17,20,27-28H,6,8,10H2,1H3,(H2,23,24,25)/t15-,16-,17-,20-,21-,34+/m1/s1. The number of aromatic nitrogens is 3. The van der Waals surface area contributed by atoms with Gasteiger partial charge in [-0.2, -0.15) is 0 Å². The number of anilines is 1.